The highest BCUT2D eigenvalue weighted by molar-refractivity contribution is 5.54. The Morgan fingerprint density at radius 2 is 1.50 bits per heavy atom. The first-order valence-electron chi connectivity index (χ1n) is 6.82. The van der Waals surface area contributed by atoms with Gasteiger partial charge in [-0.2, -0.15) is 0 Å². The van der Waals surface area contributed by atoms with Crippen molar-refractivity contribution in [3.63, 3.8) is 0 Å². The Labute approximate surface area is 100 Å². The van der Waals surface area contributed by atoms with Crippen molar-refractivity contribution in [2.45, 2.75) is 58.8 Å². The van der Waals surface area contributed by atoms with Gasteiger partial charge in [-0.25, -0.2) is 0 Å². The number of hydrogen-bond donors (Lipinski definition) is 0. The van der Waals surface area contributed by atoms with E-state index in [2.05, 4.69) is 26.0 Å². The number of carbonyl (C=O) groups excluding carboxylic acids is 1. The molecule has 0 N–H and O–H groups in total. The summed E-state index contributed by atoms with van der Waals surface area (Å²) in [4.78, 5) is 10.1. The second-order valence-corrected chi connectivity index (χ2v) is 5.55. The third-order valence-corrected chi connectivity index (χ3v) is 3.81. The van der Waals surface area contributed by atoms with Gasteiger partial charge in [0.2, 0.25) is 0 Å². The quantitative estimate of drug-likeness (QED) is 0.475. The summed E-state index contributed by atoms with van der Waals surface area (Å²) in [6.07, 6.45) is 14.3. The van der Waals surface area contributed by atoms with E-state index in [9.17, 15) is 4.79 Å². The standard InChI is InChI=1S/C8H16.C7H10O/c1-7-3-5-8(2)6-4-7;8-6-7-4-2-1-3-5-7/h7-8H,3-6H2,1-2H3;1-2,6-7H,3-5H2. The molecular formula is C15H26O. The summed E-state index contributed by atoms with van der Waals surface area (Å²) in [6.45, 7) is 4.73. The molecule has 1 nitrogen and oxygen atoms in total. The lowest BCUT2D eigenvalue weighted by molar-refractivity contribution is -0.111. The number of allylic oxidation sites excluding steroid dienone is 2. The Bertz CT molecular complexity index is 201. The maximum absolute atomic E-state index is 10.1. The van der Waals surface area contributed by atoms with Gasteiger partial charge >= 0.3 is 0 Å². The fourth-order valence-corrected chi connectivity index (χ4v) is 2.37. The van der Waals surface area contributed by atoms with E-state index in [-0.39, 0.29) is 0 Å². The smallest absolute Gasteiger partial charge is 0.123 e. The summed E-state index contributed by atoms with van der Waals surface area (Å²) in [7, 11) is 0. The van der Waals surface area contributed by atoms with Crippen molar-refractivity contribution in [3.05, 3.63) is 12.2 Å². The number of carbonyl (C=O) groups is 1. The van der Waals surface area contributed by atoms with Gasteiger partial charge in [-0.15, -0.1) is 0 Å². The van der Waals surface area contributed by atoms with Gasteiger partial charge in [0.1, 0.15) is 6.29 Å². The van der Waals surface area contributed by atoms with Gasteiger partial charge < -0.3 is 4.79 Å². The van der Waals surface area contributed by atoms with Crippen molar-refractivity contribution in [2.24, 2.45) is 17.8 Å². The SMILES string of the molecule is CC1CCC(C)CC1.O=CC1CC=CCC1. The van der Waals surface area contributed by atoms with Crippen molar-refractivity contribution >= 4 is 6.29 Å². The minimum absolute atomic E-state index is 0.319. The van der Waals surface area contributed by atoms with E-state index in [4.69, 9.17) is 0 Å². The molecule has 1 fully saturated rings. The number of aldehydes is 1. The molecule has 2 rings (SSSR count). The van der Waals surface area contributed by atoms with Gasteiger partial charge in [0.15, 0.2) is 0 Å². The molecule has 0 aromatic rings. The lowest BCUT2D eigenvalue weighted by Gasteiger charge is -2.22. The van der Waals surface area contributed by atoms with E-state index in [1.165, 1.54) is 25.7 Å². The van der Waals surface area contributed by atoms with Crippen molar-refractivity contribution in [3.8, 4) is 0 Å². The lowest BCUT2D eigenvalue weighted by atomic mass is 9.84. The van der Waals surface area contributed by atoms with Crippen molar-refractivity contribution in [1.29, 1.82) is 0 Å². The van der Waals surface area contributed by atoms with Crippen LogP contribution in [0.1, 0.15) is 58.8 Å². The second-order valence-electron chi connectivity index (χ2n) is 5.55. The van der Waals surface area contributed by atoms with E-state index in [0.29, 0.717) is 5.92 Å². The molecule has 0 bridgehead atoms. The number of hydrogen-bond acceptors (Lipinski definition) is 1. The molecule has 2 aliphatic rings. The zero-order chi connectivity index (χ0) is 11.8. The zero-order valence-corrected chi connectivity index (χ0v) is 10.8. The van der Waals surface area contributed by atoms with Crippen LogP contribution in [0.25, 0.3) is 0 Å². The molecule has 0 aromatic carbocycles. The molecule has 0 heterocycles. The largest absolute Gasteiger partial charge is 0.303 e. The Hall–Kier alpha value is -0.590. The van der Waals surface area contributed by atoms with Gasteiger partial charge in [-0.05, 0) is 31.1 Å². The highest BCUT2D eigenvalue weighted by Crippen LogP contribution is 2.27. The minimum atomic E-state index is 0.319. The first-order chi connectivity index (χ1) is 7.72. The first-order valence-corrected chi connectivity index (χ1v) is 6.82. The summed E-state index contributed by atoms with van der Waals surface area (Å²) >= 11 is 0. The normalized spacial score (nSPS) is 33.8. The van der Waals surface area contributed by atoms with Gasteiger partial charge in [-0.1, -0.05) is 51.7 Å². The second kappa shape index (κ2) is 7.65. The molecule has 2 aliphatic carbocycles. The van der Waals surface area contributed by atoms with Crippen LogP contribution in [-0.4, -0.2) is 6.29 Å². The molecule has 0 aliphatic heterocycles. The fourth-order valence-electron chi connectivity index (χ4n) is 2.37. The van der Waals surface area contributed by atoms with Crippen LogP contribution in [-0.2, 0) is 4.79 Å². The summed E-state index contributed by atoms with van der Waals surface area (Å²) in [5.41, 5.74) is 0. The molecule has 0 spiro atoms. The zero-order valence-electron chi connectivity index (χ0n) is 10.8. The fraction of sp³-hybridized carbons (Fsp3) is 0.800. The average Bonchev–Trinajstić information content (AvgIpc) is 2.35. The molecule has 0 radical (unpaired) electrons. The Kier molecular flexibility index (Phi) is 6.44. The molecule has 0 saturated heterocycles. The monoisotopic (exact) mass is 222 g/mol. The van der Waals surface area contributed by atoms with Crippen LogP contribution in [0.5, 0.6) is 0 Å². The summed E-state index contributed by atoms with van der Waals surface area (Å²) in [6, 6.07) is 0. The molecule has 16 heavy (non-hydrogen) atoms. The predicted octanol–water partition coefficient (Wildman–Crippen LogP) is 4.37. The van der Waals surface area contributed by atoms with E-state index in [0.717, 1.165) is 37.4 Å². The van der Waals surface area contributed by atoms with Gasteiger partial charge in [0, 0.05) is 5.92 Å². The summed E-state index contributed by atoms with van der Waals surface area (Å²) in [5, 5.41) is 0. The number of rotatable bonds is 1. The minimum Gasteiger partial charge on any atom is -0.303 e. The Balaban J connectivity index is 0.000000160. The van der Waals surface area contributed by atoms with Gasteiger partial charge in [0.25, 0.3) is 0 Å². The summed E-state index contributed by atoms with van der Waals surface area (Å²) < 4.78 is 0. The van der Waals surface area contributed by atoms with Crippen LogP contribution in [0.2, 0.25) is 0 Å². The highest BCUT2D eigenvalue weighted by atomic mass is 16.1. The van der Waals surface area contributed by atoms with E-state index < -0.39 is 0 Å². The van der Waals surface area contributed by atoms with Gasteiger partial charge in [-0.3, -0.25) is 0 Å². The van der Waals surface area contributed by atoms with E-state index in [1.807, 2.05) is 0 Å². The molecule has 1 atom stereocenters. The molecular weight excluding hydrogens is 196 g/mol. The Morgan fingerprint density at radius 3 is 1.81 bits per heavy atom. The third-order valence-electron chi connectivity index (χ3n) is 3.81. The lowest BCUT2D eigenvalue weighted by Crippen LogP contribution is -2.08. The van der Waals surface area contributed by atoms with Crippen LogP contribution < -0.4 is 0 Å². The van der Waals surface area contributed by atoms with Crippen molar-refractivity contribution in [2.75, 3.05) is 0 Å². The summed E-state index contributed by atoms with van der Waals surface area (Å²) in [5.74, 6) is 2.36. The molecule has 0 aromatic heterocycles. The van der Waals surface area contributed by atoms with Crippen LogP contribution in [0.4, 0.5) is 0 Å². The third kappa shape index (κ3) is 5.48. The topological polar surface area (TPSA) is 17.1 Å². The highest BCUT2D eigenvalue weighted by Gasteiger charge is 2.13. The molecule has 92 valence electrons. The van der Waals surface area contributed by atoms with Crippen LogP contribution >= 0.6 is 0 Å². The Morgan fingerprint density at radius 1 is 0.938 bits per heavy atom. The molecule has 0 amide bonds. The molecule has 1 saturated carbocycles. The molecule has 1 unspecified atom stereocenters. The van der Waals surface area contributed by atoms with Crippen molar-refractivity contribution < 1.29 is 4.79 Å². The van der Waals surface area contributed by atoms with Crippen molar-refractivity contribution in [1.82, 2.24) is 0 Å². The maximum Gasteiger partial charge on any atom is 0.123 e. The average molecular weight is 222 g/mol. The van der Waals surface area contributed by atoms with Crippen LogP contribution in [0.15, 0.2) is 12.2 Å². The van der Waals surface area contributed by atoms with E-state index >= 15 is 0 Å². The van der Waals surface area contributed by atoms with Gasteiger partial charge in [0.05, 0.1) is 0 Å². The first kappa shape index (κ1) is 13.5. The van der Waals surface area contributed by atoms with E-state index in [1.54, 1.807) is 0 Å². The van der Waals surface area contributed by atoms with Crippen LogP contribution in [0.3, 0.4) is 0 Å². The molecule has 1 heteroatoms. The van der Waals surface area contributed by atoms with Crippen LogP contribution in [0, 0.1) is 17.8 Å². The maximum atomic E-state index is 10.1. The predicted molar refractivity (Wildman–Crippen MR) is 69.3 cm³/mol.